The van der Waals surface area contributed by atoms with Crippen LogP contribution in [0.5, 0.6) is 0 Å². The van der Waals surface area contributed by atoms with E-state index in [0.717, 1.165) is 47.8 Å². The number of hydrogen-bond donors (Lipinski definition) is 2. The molecule has 3 aromatic rings. The van der Waals surface area contributed by atoms with E-state index in [9.17, 15) is 8.78 Å². The highest BCUT2D eigenvalue weighted by atomic mass is 35.5. The second kappa shape index (κ2) is 8.41. The number of aryl methyl sites for hydroxylation is 1. The summed E-state index contributed by atoms with van der Waals surface area (Å²) in [5.74, 6) is -1.000. The molecule has 1 aromatic heterocycles. The molecule has 6 heteroatoms. The Morgan fingerprint density at radius 1 is 1.14 bits per heavy atom. The van der Waals surface area contributed by atoms with Crippen LogP contribution in [-0.4, -0.2) is 16.0 Å². The summed E-state index contributed by atoms with van der Waals surface area (Å²) in [6.07, 6.45) is 6.02. The number of rotatable bonds is 4. The van der Waals surface area contributed by atoms with Crippen LogP contribution in [0.2, 0.25) is 0 Å². The van der Waals surface area contributed by atoms with Crippen LogP contribution in [0.1, 0.15) is 50.7 Å². The van der Waals surface area contributed by atoms with Crippen molar-refractivity contribution in [3.63, 3.8) is 0 Å². The first-order valence-corrected chi connectivity index (χ1v) is 9.98. The van der Waals surface area contributed by atoms with E-state index < -0.39 is 11.6 Å². The van der Waals surface area contributed by atoms with Crippen molar-refractivity contribution < 1.29 is 8.78 Å². The number of H-pyrrole nitrogens is 1. The third-order valence-electron chi connectivity index (χ3n) is 6.20. The molecular weight excluding hydrogens is 392 g/mol. The lowest BCUT2D eigenvalue weighted by atomic mass is 9.75. The molecule has 0 bridgehead atoms. The van der Waals surface area contributed by atoms with Crippen molar-refractivity contribution in [1.82, 2.24) is 15.3 Å². The second-order valence-corrected chi connectivity index (χ2v) is 8.77. The minimum atomic E-state index is -0.500. The Balaban J connectivity index is 0.00000240. The third-order valence-corrected chi connectivity index (χ3v) is 6.20. The van der Waals surface area contributed by atoms with E-state index in [4.69, 9.17) is 0 Å². The Bertz CT molecular complexity index is 980. The van der Waals surface area contributed by atoms with E-state index in [1.54, 1.807) is 6.33 Å². The summed E-state index contributed by atoms with van der Waals surface area (Å²) in [5.41, 5.74) is 4.49. The van der Waals surface area contributed by atoms with Gasteiger partial charge < -0.3 is 10.3 Å². The standard InChI is InChI=1S/C23H27F2N3.ClH/c1-14-17(4-5-21-22(14)28-13-27-21)15-10-19(24)18(20(25)11-15)12-26-16-6-8-23(2,3)9-7-16;/h4-5,10-11,13,16,26H,6-9,12H2,1-3H3,(H,27,28);1H. The first kappa shape index (κ1) is 21.7. The van der Waals surface area contributed by atoms with Gasteiger partial charge in [0.05, 0.1) is 17.4 Å². The summed E-state index contributed by atoms with van der Waals surface area (Å²) >= 11 is 0. The summed E-state index contributed by atoms with van der Waals surface area (Å²) in [6.45, 7) is 6.71. The quantitative estimate of drug-likeness (QED) is 0.521. The summed E-state index contributed by atoms with van der Waals surface area (Å²) in [6, 6.07) is 6.97. The first-order valence-electron chi connectivity index (χ1n) is 9.98. The van der Waals surface area contributed by atoms with Crippen molar-refractivity contribution in [2.24, 2.45) is 5.41 Å². The number of hydrogen-bond acceptors (Lipinski definition) is 2. The molecule has 0 atom stereocenters. The van der Waals surface area contributed by atoms with Crippen molar-refractivity contribution >= 4 is 23.4 Å². The monoisotopic (exact) mass is 419 g/mol. The smallest absolute Gasteiger partial charge is 0.131 e. The van der Waals surface area contributed by atoms with E-state index >= 15 is 0 Å². The number of nitrogens with zero attached hydrogens (tertiary/aromatic N) is 1. The van der Waals surface area contributed by atoms with Crippen LogP contribution in [0.25, 0.3) is 22.2 Å². The fourth-order valence-electron chi connectivity index (χ4n) is 4.24. The number of benzene rings is 2. The summed E-state index contributed by atoms with van der Waals surface area (Å²) < 4.78 is 29.5. The van der Waals surface area contributed by atoms with Gasteiger partial charge in [-0.25, -0.2) is 13.8 Å². The molecular formula is C23H28ClF2N3. The predicted molar refractivity (Wildman–Crippen MR) is 116 cm³/mol. The molecule has 1 aliphatic carbocycles. The Kier molecular flexibility index (Phi) is 6.30. The van der Waals surface area contributed by atoms with Gasteiger partial charge in [0.2, 0.25) is 0 Å². The van der Waals surface area contributed by atoms with E-state index in [-0.39, 0.29) is 24.5 Å². The lowest BCUT2D eigenvalue weighted by molar-refractivity contribution is 0.205. The maximum absolute atomic E-state index is 14.8. The van der Waals surface area contributed by atoms with Gasteiger partial charge in [-0.1, -0.05) is 19.9 Å². The summed E-state index contributed by atoms with van der Waals surface area (Å²) in [7, 11) is 0. The molecule has 0 aliphatic heterocycles. The molecule has 156 valence electrons. The molecule has 1 heterocycles. The average molecular weight is 420 g/mol. The SMILES string of the molecule is Cc1c(-c2cc(F)c(CNC3CCC(C)(C)CC3)c(F)c2)ccc2[nH]cnc12.Cl. The third kappa shape index (κ3) is 4.46. The highest BCUT2D eigenvalue weighted by Gasteiger charge is 2.26. The Morgan fingerprint density at radius 2 is 1.79 bits per heavy atom. The highest BCUT2D eigenvalue weighted by molar-refractivity contribution is 5.86. The average Bonchev–Trinajstić information content (AvgIpc) is 3.12. The van der Waals surface area contributed by atoms with E-state index in [0.29, 0.717) is 17.0 Å². The minimum Gasteiger partial charge on any atom is -0.345 e. The topological polar surface area (TPSA) is 40.7 Å². The van der Waals surface area contributed by atoms with Crippen LogP contribution in [0, 0.1) is 24.0 Å². The van der Waals surface area contributed by atoms with E-state index in [1.807, 2.05) is 19.1 Å². The molecule has 0 amide bonds. The normalized spacial score (nSPS) is 16.7. The number of aromatic nitrogens is 2. The molecule has 1 saturated carbocycles. The van der Waals surface area contributed by atoms with Gasteiger partial charge >= 0.3 is 0 Å². The van der Waals surface area contributed by atoms with Crippen LogP contribution in [0.4, 0.5) is 8.78 Å². The molecule has 1 fully saturated rings. The zero-order valence-electron chi connectivity index (χ0n) is 17.1. The molecule has 2 aromatic carbocycles. The van der Waals surface area contributed by atoms with Crippen molar-refractivity contribution in [3.8, 4) is 11.1 Å². The molecule has 1 aliphatic rings. The molecule has 4 rings (SSSR count). The first-order chi connectivity index (χ1) is 13.3. The van der Waals surface area contributed by atoms with Crippen molar-refractivity contribution in [3.05, 3.63) is 53.4 Å². The number of fused-ring (bicyclic) bond motifs is 1. The molecule has 0 saturated heterocycles. The Labute approximate surface area is 176 Å². The van der Waals surface area contributed by atoms with Gasteiger partial charge in [-0.2, -0.15) is 0 Å². The zero-order chi connectivity index (χ0) is 19.9. The second-order valence-electron chi connectivity index (χ2n) is 8.77. The maximum atomic E-state index is 14.8. The zero-order valence-corrected chi connectivity index (χ0v) is 17.9. The molecule has 0 unspecified atom stereocenters. The number of halogens is 3. The van der Waals surface area contributed by atoms with Crippen molar-refractivity contribution in [1.29, 1.82) is 0 Å². The fourth-order valence-corrected chi connectivity index (χ4v) is 4.24. The molecule has 0 spiro atoms. The predicted octanol–water partition coefficient (Wildman–Crippen LogP) is 6.30. The minimum absolute atomic E-state index is 0. The molecule has 2 N–H and O–H groups in total. The van der Waals surface area contributed by atoms with Crippen LogP contribution >= 0.6 is 12.4 Å². The van der Waals surface area contributed by atoms with Crippen LogP contribution < -0.4 is 5.32 Å². The van der Waals surface area contributed by atoms with Gasteiger partial charge in [-0.15, -0.1) is 12.4 Å². The lowest BCUT2D eigenvalue weighted by Crippen LogP contribution is -2.35. The molecule has 3 nitrogen and oxygen atoms in total. The van der Waals surface area contributed by atoms with Gasteiger partial charge in [-0.05, 0) is 72.9 Å². The van der Waals surface area contributed by atoms with Gasteiger partial charge in [0, 0.05) is 18.2 Å². The van der Waals surface area contributed by atoms with Crippen LogP contribution in [-0.2, 0) is 6.54 Å². The highest BCUT2D eigenvalue weighted by Crippen LogP contribution is 2.35. The fraction of sp³-hybridized carbons (Fsp3) is 0.435. The lowest BCUT2D eigenvalue weighted by Gasteiger charge is -2.34. The van der Waals surface area contributed by atoms with Gasteiger partial charge in [0.25, 0.3) is 0 Å². The van der Waals surface area contributed by atoms with Crippen LogP contribution in [0.3, 0.4) is 0 Å². The largest absolute Gasteiger partial charge is 0.345 e. The summed E-state index contributed by atoms with van der Waals surface area (Å²) in [5, 5.41) is 3.35. The molecule has 29 heavy (non-hydrogen) atoms. The van der Waals surface area contributed by atoms with Crippen molar-refractivity contribution in [2.75, 3.05) is 0 Å². The summed E-state index contributed by atoms with van der Waals surface area (Å²) in [4.78, 5) is 7.36. The van der Waals surface area contributed by atoms with Crippen LogP contribution in [0.15, 0.2) is 30.6 Å². The van der Waals surface area contributed by atoms with E-state index in [2.05, 4.69) is 29.1 Å². The van der Waals surface area contributed by atoms with Gasteiger partial charge in [0.15, 0.2) is 0 Å². The van der Waals surface area contributed by atoms with Crippen molar-refractivity contribution in [2.45, 2.75) is 59.0 Å². The van der Waals surface area contributed by atoms with Gasteiger partial charge in [-0.3, -0.25) is 0 Å². The number of nitrogens with one attached hydrogen (secondary N) is 2. The molecule has 0 radical (unpaired) electrons. The van der Waals surface area contributed by atoms with Gasteiger partial charge in [0.1, 0.15) is 11.6 Å². The Hall–Kier alpha value is -1.98. The maximum Gasteiger partial charge on any atom is 0.131 e. The van der Waals surface area contributed by atoms with E-state index in [1.165, 1.54) is 12.1 Å². The Morgan fingerprint density at radius 3 is 2.45 bits per heavy atom. The number of aromatic amines is 1. The number of imidazole rings is 1.